The lowest BCUT2D eigenvalue weighted by molar-refractivity contribution is -0.138. The van der Waals surface area contributed by atoms with Crippen molar-refractivity contribution in [2.75, 3.05) is 55.6 Å². The Bertz CT molecular complexity index is 3000. The molecule has 4 aliphatic heterocycles. The molecule has 4 aromatic carbocycles. The van der Waals surface area contributed by atoms with Crippen LogP contribution in [0.4, 0.5) is 15.8 Å². The van der Waals surface area contributed by atoms with Gasteiger partial charge in [0.15, 0.2) is 5.76 Å². The molecule has 72 heavy (non-hydrogen) atoms. The van der Waals surface area contributed by atoms with Gasteiger partial charge in [0.1, 0.15) is 23.9 Å². The van der Waals surface area contributed by atoms with Gasteiger partial charge >= 0.3 is 0 Å². The molecule has 0 bridgehead atoms. The SMILES string of the molecule is O=C1CCC(N2C(=O)c3cc(F)c(N4CCN(CC5CCN(C(=O)C(NC(=O)C(c6cccnc6)N(C(=O)c6ccco6)c6ccc(-c7ccccc7)cc6)c6ccccc6)CC5)CC4)cc3C2=O)C(=O)N1. The van der Waals surface area contributed by atoms with Crippen LogP contribution in [-0.4, -0.2) is 113 Å². The highest BCUT2D eigenvalue weighted by atomic mass is 19.1. The fraction of sp³-hybridized carbons (Fsp3) is 0.273. The molecule has 0 saturated carbocycles. The van der Waals surface area contributed by atoms with E-state index in [0.717, 1.165) is 28.6 Å². The van der Waals surface area contributed by atoms with Gasteiger partial charge in [0.2, 0.25) is 23.6 Å². The van der Waals surface area contributed by atoms with Gasteiger partial charge in [-0.1, -0.05) is 78.9 Å². The van der Waals surface area contributed by atoms with E-state index in [1.54, 1.807) is 59.6 Å². The normalized spacial score (nSPS) is 18.3. The van der Waals surface area contributed by atoms with Crippen LogP contribution < -0.4 is 20.4 Å². The van der Waals surface area contributed by atoms with Gasteiger partial charge < -0.3 is 19.5 Å². The molecular weight excluding hydrogens is 920 g/mol. The first-order chi connectivity index (χ1) is 35.0. The van der Waals surface area contributed by atoms with Crippen LogP contribution in [0.15, 0.2) is 144 Å². The van der Waals surface area contributed by atoms with Gasteiger partial charge in [-0.3, -0.25) is 58.6 Å². The maximum atomic E-state index is 15.7. The topological polar surface area (TPSA) is 186 Å². The minimum absolute atomic E-state index is 0.00695. The number of likely N-dealkylation sites (tertiary alicyclic amines) is 1. The Kier molecular flexibility index (Phi) is 13.5. The largest absolute Gasteiger partial charge is 0.459 e. The first-order valence-electron chi connectivity index (χ1n) is 24.1. The molecule has 2 N–H and O–H groups in total. The number of rotatable bonds is 13. The summed E-state index contributed by atoms with van der Waals surface area (Å²) in [6, 6.07) is 31.7. The lowest BCUT2D eigenvalue weighted by atomic mass is 9.94. The van der Waals surface area contributed by atoms with Crippen molar-refractivity contribution in [3.8, 4) is 11.1 Å². The second-order valence-corrected chi connectivity index (χ2v) is 18.5. The summed E-state index contributed by atoms with van der Waals surface area (Å²) in [5.74, 6) is -4.45. The molecule has 0 aliphatic carbocycles. The van der Waals surface area contributed by atoms with Gasteiger partial charge in [-0.2, -0.15) is 0 Å². The molecule has 16 nitrogen and oxygen atoms in total. The molecule has 4 aliphatic rings. The van der Waals surface area contributed by atoms with E-state index in [0.29, 0.717) is 68.9 Å². The number of hydrogen-bond acceptors (Lipinski definition) is 11. The van der Waals surface area contributed by atoms with Crippen LogP contribution in [0.5, 0.6) is 0 Å². The zero-order chi connectivity index (χ0) is 49.9. The maximum Gasteiger partial charge on any atom is 0.294 e. The fourth-order valence-electron chi connectivity index (χ4n) is 10.2. The zero-order valence-corrected chi connectivity index (χ0v) is 39.2. The number of halogens is 1. The van der Waals surface area contributed by atoms with E-state index < -0.39 is 59.4 Å². The number of furan rings is 1. The number of carbonyl (C=O) groups is 7. The number of fused-ring (bicyclic) bond motifs is 1. The number of anilines is 2. The Hall–Kier alpha value is -8.31. The van der Waals surface area contributed by atoms with E-state index in [1.807, 2.05) is 65.6 Å². The van der Waals surface area contributed by atoms with Crippen molar-refractivity contribution in [3.05, 3.63) is 174 Å². The minimum Gasteiger partial charge on any atom is -0.459 e. The highest BCUT2D eigenvalue weighted by molar-refractivity contribution is 6.24. The summed E-state index contributed by atoms with van der Waals surface area (Å²) in [6.45, 7) is 3.82. The summed E-state index contributed by atoms with van der Waals surface area (Å²) in [7, 11) is 0. The molecule has 6 heterocycles. The highest BCUT2D eigenvalue weighted by Crippen LogP contribution is 2.35. The number of aromatic nitrogens is 1. The summed E-state index contributed by atoms with van der Waals surface area (Å²) in [5, 5.41) is 5.24. The van der Waals surface area contributed by atoms with Crippen LogP contribution in [0.3, 0.4) is 0 Å². The number of carbonyl (C=O) groups excluding carboxylic acids is 7. The Morgan fingerprint density at radius 3 is 2.07 bits per heavy atom. The molecule has 7 amide bonds. The van der Waals surface area contributed by atoms with Gasteiger partial charge in [-0.05, 0) is 84.3 Å². The molecule has 10 rings (SSSR count). The van der Waals surface area contributed by atoms with E-state index in [9.17, 15) is 28.8 Å². The quantitative estimate of drug-likeness (QED) is 0.126. The van der Waals surface area contributed by atoms with Crippen LogP contribution in [-0.2, 0) is 19.2 Å². The number of piperidine rings is 2. The number of hydrogen-bond donors (Lipinski definition) is 2. The predicted octanol–water partition coefficient (Wildman–Crippen LogP) is 6.19. The predicted molar refractivity (Wildman–Crippen MR) is 263 cm³/mol. The third-order valence-electron chi connectivity index (χ3n) is 14.0. The van der Waals surface area contributed by atoms with E-state index in [2.05, 4.69) is 20.5 Å². The van der Waals surface area contributed by atoms with Crippen LogP contribution in [0.2, 0.25) is 0 Å². The van der Waals surface area contributed by atoms with Crippen molar-refractivity contribution in [1.29, 1.82) is 0 Å². The number of pyridine rings is 1. The Morgan fingerprint density at radius 1 is 0.750 bits per heavy atom. The van der Waals surface area contributed by atoms with E-state index in [-0.39, 0.29) is 47.2 Å². The molecule has 0 spiro atoms. The molecule has 6 aromatic rings. The second-order valence-electron chi connectivity index (χ2n) is 18.5. The lowest BCUT2D eigenvalue weighted by Gasteiger charge is -2.40. The Labute approximate surface area is 414 Å². The molecule has 366 valence electrons. The number of nitrogens with zero attached hydrogens (tertiary/aromatic N) is 6. The van der Waals surface area contributed by atoms with Crippen molar-refractivity contribution >= 4 is 52.7 Å². The second kappa shape index (κ2) is 20.6. The maximum absolute atomic E-state index is 15.7. The number of piperazine rings is 1. The molecular formula is C55H51FN8O8. The molecule has 0 radical (unpaired) electrons. The number of amides is 7. The van der Waals surface area contributed by atoms with Crippen molar-refractivity contribution in [3.63, 3.8) is 0 Å². The highest BCUT2D eigenvalue weighted by Gasteiger charge is 2.46. The fourth-order valence-corrected chi connectivity index (χ4v) is 10.2. The Balaban J connectivity index is 0.808. The van der Waals surface area contributed by atoms with Gasteiger partial charge in [0.25, 0.3) is 17.7 Å². The third kappa shape index (κ3) is 9.62. The summed E-state index contributed by atoms with van der Waals surface area (Å²) in [5.41, 5.74) is 3.45. The molecule has 3 unspecified atom stereocenters. The van der Waals surface area contributed by atoms with Crippen LogP contribution >= 0.6 is 0 Å². The van der Waals surface area contributed by atoms with Crippen LogP contribution in [0.1, 0.15) is 80.2 Å². The third-order valence-corrected chi connectivity index (χ3v) is 14.0. The summed E-state index contributed by atoms with van der Waals surface area (Å²) in [4.78, 5) is 108. The molecule has 3 atom stereocenters. The standard InChI is InChI=1S/C55H51FN8O8/c56-43-31-41-42(53(69)64(52(41)68)44-19-20-47(65)58-50(44)66)32-45(43)61-28-26-60(27-29-61)34-35-21-24-62(25-22-35)55(71)48(38-11-5-2-6-12-38)59-51(67)49(39-13-7-23-57-33-39)63(54(70)46-14-8-30-72-46)40-17-15-37(16-18-40)36-9-3-1-4-10-36/h1-18,23,30-33,35,44,48-49H,19-22,24-29,34H2,(H,59,67)(H,58,65,66). The van der Waals surface area contributed by atoms with Crippen molar-refractivity contribution in [2.24, 2.45) is 5.92 Å². The average Bonchev–Trinajstić information content (AvgIpc) is 4.04. The van der Waals surface area contributed by atoms with Gasteiger partial charge in [-0.25, -0.2) is 4.39 Å². The number of nitrogens with one attached hydrogen (secondary N) is 2. The van der Waals surface area contributed by atoms with Gasteiger partial charge in [0.05, 0.1) is 23.1 Å². The van der Waals surface area contributed by atoms with E-state index in [4.69, 9.17) is 4.42 Å². The summed E-state index contributed by atoms with van der Waals surface area (Å²) in [6.07, 6.45) is 5.93. The summed E-state index contributed by atoms with van der Waals surface area (Å²) >= 11 is 0. The van der Waals surface area contributed by atoms with Crippen LogP contribution in [0, 0.1) is 11.7 Å². The number of imide groups is 2. The molecule has 2 aromatic heterocycles. The van der Waals surface area contributed by atoms with Gasteiger partial charge in [0, 0.05) is 75.9 Å². The zero-order valence-electron chi connectivity index (χ0n) is 39.2. The molecule has 3 saturated heterocycles. The summed E-state index contributed by atoms with van der Waals surface area (Å²) < 4.78 is 21.3. The van der Waals surface area contributed by atoms with Gasteiger partial charge in [-0.15, -0.1) is 0 Å². The van der Waals surface area contributed by atoms with E-state index in [1.165, 1.54) is 23.4 Å². The monoisotopic (exact) mass is 970 g/mol. The first-order valence-corrected chi connectivity index (χ1v) is 24.1. The minimum atomic E-state index is -1.27. The smallest absolute Gasteiger partial charge is 0.294 e. The van der Waals surface area contributed by atoms with Crippen LogP contribution in [0.25, 0.3) is 11.1 Å². The van der Waals surface area contributed by atoms with Crippen molar-refractivity contribution in [1.82, 2.24) is 30.3 Å². The Morgan fingerprint density at radius 2 is 1.42 bits per heavy atom. The lowest BCUT2D eigenvalue weighted by Crippen LogP contribution is -2.54. The molecule has 17 heteroatoms. The average molecular weight is 971 g/mol. The first kappa shape index (κ1) is 47.4. The van der Waals surface area contributed by atoms with Crippen molar-refractivity contribution < 1.29 is 42.4 Å². The molecule has 3 fully saturated rings. The van der Waals surface area contributed by atoms with Crippen molar-refractivity contribution in [2.45, 2.75) is 43.8 Å². The number of benzene rings is 4. The van der Waals surface area contributed by atoms with E-state index >= 15 is 9.18 Å².